The number of carbonyl (C=O) groups excluding carboxylic acids is 2. The van der Waals surface area contributed by atoms with Gasteiger partial charge in [0.1, 0.15) is 0 Å². The van der Waals surface area contributed by atoms with Gasteiger partial charge in [-0.05, 0) is 93.6 Å². The van der Waals surface area contributed by atoms with Crippen molar-refractivity contribution in [2.75, 3.05) is 60.9 Å². The Morgan fingerprint density at radius 3 is 2.00 bits per heavy atom. The molecule has 0 heterocycles. The average Bonchev–Trinajstić information content (AvgIpc) is 2.64. The van der Waals surface area contributed by atoms with E-state index in [4.69, 9.17) is 0 Å². The highest BCUT2D eigenvalue weighted by atomic mass is 31.0. The summed E-state index contributed by atoms with van der Waals surface area (Å²) < 4.78 is 1.79. The first-order chi connectivity index (χ1) is 14.3. The van der Waals surface area contributed by atoms with E-state index in [1.807, 2.05) is 28.2 Å². The van der Waals surface area contributed by atoms with Gasteiger partial charge < -0.3 is 30.4 Å². The lowest BCUT2D eigenvalue weighted by molar-refractivity contribution is 0.0554. The van der Waals surface area contributed by atoms with Crippen LogP contribution in [0.1, 0.15) is 52.9 Å². The van der Waals surface area contributed by atoms with Crippen molar-refractivity contribution >= 4 is 21.5 Å². The Labute approximate surface area is 192 Å². The molecule has 0 spiro atoms. The summed E-state index contributed by atoms with van der Waals surface area (Å²) in [7, 11) is 10.8. The van der Waals surface area contributed by atoms with E-state index in [0.717, 1.165) is 45.2 Å². The number of hydrogen-bond acceptors (Lipinski definition) is 4. The highest BCUT2D eigenvalue weighted by Crippen LogP contribution is 2.47. The monoisotopic (exact) mass is 458 g/mol. The molecule has 8 nitrogen and oxygen atoms in total. The Kier molecular flexibility index (Phi) is 11.5. The second-order valence-electron chi connectivity index (χ2n) is 10.8. The summed E-state index contributed by atoms with van der Waals surface area (Å²) in [6, 6.07) is -0.0285. The maximum atomic E-state index is 12.7. The predicted molar refractivity (Wildman–Crippen MR) is 132 cm³/mol. The van der Waals surface area contributed by atoms with Crippen molar-refractivity contribution in [3.8, 4) is 0 Å². The Balaban J connectivity index is 2.56. The fourth-order valence-electron chi connectivity index (χ4n) is 4.71. The molecule has 182 valence electrons. The first-order valence-electron chi connectivity index (χ1n) is 11.5. The van der Waals surface area contributed by atoms with Crippen LogP contribution in [-0.4, -0.2) is 93.5 Å². The fourth-order valence-corrected chi connectivity index (χ4v) is 5.01. The van der Waals surface area contributed by atoms with Crippen LogP contribution in [0.4, 0.5) is 9.59 Å². The summed E-state index contributed by atoms with van der Waals surface area (Å²) in [6.45, 7) is 10.6. The van der Waals surface area contributed by atoms with Gasteiger partial charge in [0.2, 0.25) is 0 Å². The van der Waals surface area contributed by atoms with Crippen molar-refractivity contribution in [1.29, 1.82) is 0 Å². The van der Waals surface area contributed by atoms with Gasteiger partial charge in [-0.25, -0.2) is 9.59 Å². The van der Waals surface area contributed by atoms with Gasteiger partial charge in [-0.1, -0.05) is 20.8 Å². The molecule has 3 unspecified atom stereocenters. The average molecular weight is 459 g/mol. The number of amides is 4. The van der Waals surface area contributed by atoms with E-state index in [2.05, 4.69) is 55.9 Å². The molecule has 31 heavy (non-hydrogen) atoms. The summed E-state index contributed by atoms with van der Waals surface area (Å²) in [5, 5.41) is 9.04. The molecule has 0 aliphatic heterocycles. The molecule has 0 saturated heterocycles. The summed E-state index contributed by atoms with van der Waals surface area (Å²) in [5.41, 5.74) is 0.0367. The van der Waals surface area contributed by atoms with Crippen LogP contribution in [0, 0.1) is 10.8 Å². The molecule has 1 saturated carbocycles. The summed E-state index contributed by atoms with van der Waals surface area (Å²) >= 11 is 0. The molecule has 0 bridgehead atoms. The van der Waals surface area contributed by atoms with Gasteiger partial charge in [0.05, 0.1) is 0 Å². The summed E-state index contributed by atoms with van der Waals surface area (Å²) in [4.78, 5) is 29.1. The fraction of sp³-hybridized carbons (Fsp3) is 0.909. The zero-order valence-electron chi connectivity index (χ0n) is 20.9. The molecular weight excluding hydrogens is 411 g/mol. The zero-order chi connectivity index (χ0) is 23.7. The van der Waals surface area contributed by atoms with Crippen LogP contribution < -0.4 is 16.0 Å². The van der Waals surface area contributed by atoms with Crippen molar-refractivity contribution in [3.05, 3.63) is 0 Å². The van der Waals surface area contributed by atoms with E-state index < -0.39 is 0 Å². The largest absolute Gasteiger partial charge is 0.338 e. The minimum absolute atomic E-state index is 0.0413. The third-order valence-electron chi connectivity index (χ3n) is 5.85. The molecule has 4 amide bonds. The molecule has 1 rings (SSSR count). The van der Waals surface area contributed by atoms with Crippen LogP contribution in [0.3, 0.4) is 0 Å². The van der Waals surface area contributed by atoms with Crippen molar-refractivity contribution in [2.24, 2.45) is 10.8 Å². The SMILES string of the molecule is CN(C)CCCNC(=O)NCC1(C)CC(N(P)C(=O)NCCCN(C)C)CC(C)(C)C1. The Morgan fingerprint density at radius 1 is 0.903 bits per heavy atom. The van der Waals surface area contributed by atoms with Gasteiger partial charge in [0, 0.05) is 25.7 Å². The van der Waals surface area contributed by atoms with Crippen LogP contribution >= 0.6 is 9.39 Å². The Morgan fingerprint density at radius 2 is 1.45 bits per heavy atom. The van der Waals surface area contributed by atoms with E-state index in [-0.39, 0.29) is 28.9 Å². The maximum Gasteiger partial charge on any atom is 0.320 e. The number of urea groups is 2. The number of nitrogens with zero attached hydrogens (tertiary/aromatic N) is 3. The Hall–Kier alpha value is -1.11. The predicted octanol–water partition coefficient (Wildman–Crippen LogP) is 2.58. The van der Waals surface area contributed by atoms with E-state index in [0.29, 0.717) is 19.6 Å². The Bertz CT molecular complexity index is 572. The first kappa shape index (κ1) is 27.9. The van der Waals surface area contributed by atoms with Crippen LogP contribution in [0.25, 0.3) is 0 Å². The minimum Gasteiger partial charge on any atom is -0.338 e. The smallest absolute Gasteiger partial charge is 0.320 e. The second kappa shape index (κ2) is 12.8. The first-order valence-corrected chi connectivity index (χ1v) is 12.0. The van der Waals surface area contributed by atoms with Gasteiger partial charge in [-0.15, -0.1) is 0 Å². The molecule has 3 N–H and O–H groups in total. The summed E-state index contributed by atoms with van der Waals surface area (Å²) in [5.74, 6) is 0. The topological polar surface area (TPSA) is 80.0 Å². The molecule has 0 radical (unpaired) electrons. The van der Waals surface area contributed by atoms with Gasteiger partial charge in [-0.3, -0.25) is 0 Å². The number of hydrogen-bond donors (Lipinski definition) is 3. The molecule has 0 aromatic heterocycles. The van der Waals surface area contributed by atoms with Gasteiger partial charge in [-0.2, -0.15) is 0 Å². The number of rotatable bonds is 11. The normalized spacial score (nSPS) is 23.0. The van der Waals surface area contributed by atoms with E-state index in [1.54, 1.807) is 4.67 Å². The molecule has 3 atom stereocenters. The highest BCUT2D eigenvalue weighted by Gasteiger charge is 2.43. The molecule has 1 aliphatic rings. The van der Waals surface area contributed by atoms with Gasteiger partial charge >= 0.3 is 12.1 Å². The minimum atomic E-state index is -0.110. The zero-order valence-corrected chi connectivity index (χ0v) is 22.0. The van der Waals surface area contributed by atoms with Crippen molar-refractivity contribution < 1.29 is 9.59 Å². The maximum absolute atomic E-state index is 12.7. The molecule has 1 aliphatic carbocycles. The van der Waals surface area contributed by atoms with E-state index >= 15 is 0 Å². The van der Waals surface area contributed by atoms with E-state index in [9.17, 15) is 9.59 Å². The van der Waals surface area contributed by atoms with Gasteiger partial charge in [0.25, 0.3) is 0 Å². The van der Waals surface area contributed by atoms with Crippen molar-refractivity contribution in [1.82, 2.24) is 30.4 Å². The van der Waals surface area contributed by atoms with Crippen molar-refractivity contribution in [2.45, 2.75) is 58.9 Å². The lowest BCUT2D eigenvalue weighted by atomic mass is 9.62. The molecule has 0 aromatic carbocycles. The van der Waals surface area contributed by atoms with Crippen LogP contribution in [0.15, 0.2) is 0 Å². The van der Waals surface area contributed by atoms with Crippen LogP contribution in [0.2, 0.25) is 0 Å². The van der Waals surface area contributed by atoms with Crippen molar-refractivity contribution in [3.63, 3.8) is 0 Å². The molecular formula is C22H47N6O2P. The number of carbonyl (C=O) groups is 2. The second-order valence-corrected chi connectivity index (χ2v) is 11.3. The lowest BCUT2D eigenvalue weighted by Crippen LogP contribution is -2.52. The highest BCUT2D eigenvalue weighted by molar-refractivity contribution is 7.14. The molecule has 0 aromatic rings. The molecule has 1 fully saturated rings. The van der Waals surface area contributed by atoms with Gasteiger partial charge in [0.15, 0.2) is 0 Å². The quantitative estimate of drug-likeness (QED) is 0.328. The lowest BCUT2D eigenvalue weighted by Gasteiger charge is -2.49. The standard InChI is InChI=1S/C22H47N6O2P/c1-21(2)14-18(28(31)20(30)24-11-9-13-27(6)7)15-22(3,16-21)17-25-19(29)23-10-8-12-26(4)5/h18H,8-17,31H2,1-7H3,(H,24,30)(H2,23,25,29). The van der Waals surface area contributed by atoms with Crippen LogP contribution in [0.5, 0.6) is 0 Å². The number of nitrogens with one attached hydrogen (secondary N) is 3. The summed E-state index contributed by atoms with van der Waals surface area (Å²) in [6.07, 6.45) is 4.69. The van der Waals surface area contributed by atoms with E-state index in [1.165, 1.54) is 0 Å². The molecule has 9 heteroatoms. The van der Waals surface area contributed by atoms with Crippen LogP contribution in [-0.2, 0) is 0 Å². The third kappa shape index (κ3) is 11.4. The third-order valence-corrected chi connectivity index (χ3v) is 6.51.